The Balaban J connectivity index is 2.07. The second-order valence-corrected chi connectivity index (χ2v) is 6.25. The van der Waals surface area contributed by atoms with Crippen LogP contribution in [0.4, 0.5) is 15.8 Å². The highest BCUT2D eigenvalue weighted by Crippen LogP contribution is 2.44. The summed E-state index contributed by atoms with van der Waals surface area (Å²) in [5.41, 5.74) is 1.29. The zero-order valence-corrected chi connectivity index (χ0v) is 13.0. The normalized spacial score (nSPS) is 17.6. The minimum absolute atomic E-state index is 0.0442. The van der Waals surface area contributed by atoms with Crippen LogP contribution < -0.4 is 4.90 Å². The molecule has 1 heterocycles. The maximum absolute atomic E-state index is 13.8. The van der Waals surface area contributed by atoms with Crippen molar-refractivity contribution in [3.8, 4) is 0 Å². The Hall–Kier alpha value is -2.41. The van der Waals surface area contributed by atoms with Crippen LogP contribution in [0.1, 0.15) is 16.5 Å². The monoisotopic (exact) mass is 332 g/mol. The molecule has 0 unspecified atom stereocenters. The van der Waals surface area contributed by atoms with E-state index in [2.05, 4.69) is 0 Å². The zero-order valence-electron chi connectivity index (χ0n) is 12.2. The van der Waals surface area contributed by atoms with Crippen molar-refractivity contribution in [1.29, 1.82) is 0 Å². The highest BCUT2D eigenvalue weighted by molar-refractivity contribution is 8.00. The number of hydrogen-bond donors (Lipinski definition) is 0. The molecule has 118 valence electrons. The number of hydrogen-bond acceptors (Lipinski definition) is 4. The Labute approximate surface area is 136 Å². The molecule has 7 heteroatoms. The Kier molecular flexibility index (Phi) is 4.04. The van der Waals surface area contributed by atoms with Crippen molar-refractivity contribution in [3.63, 3.8) is 0 Å². The van der Waals surface area contributed by atoms with E-state index in [9.17, 15) is 19.3 Å². The lowest BCUT2D eigenvalue weighted by molar-refractivity contribution is -0.385. The number of anilines is 1. The molecule has 5 nitrogen and oxygen atoms in total. The Bertz CT molecular complexity index is 797. The lowest BCUT2D eigenvalue weighted by atomic mass is 10.1. The molecule has 23 heavy (non-hydrogen) atoms. The van der Waals surface area contributed by atoms with Crippen molar-refractivity contribution in [1.82, 2.24) is 0 Å². The molecule has 0 radical (unpaired) electrons. The van der Waals surface area contributed by atoms with Gasteiger partial charge in [-0.3, -0.25) is 19.8 Å². The quantitative estimate of drug-likeness (QED) is 0.633. The van der Waals surface area contributed by atoms with Gasteiger partial charge in [0.15, 0.2) is 0 Å². The van der Waals surface area contributed by atoms with Gasteiger partial charge in [0, 0.05) is 11.8 Å². The molecule has 0 aromatic heterocycles. The summed E-state index contributed by atoms with van der Waals surface area (Å²) < 4.78 is 13.8. The standard InChI is InChI=1S/C16H13FN2O3S/c1-10-6-7-11(8-13(10)17)18-15(20)9-23-16(18)12-4-2-3-5-14(12)19(21)22/h2-8,16H,9H2,1H3/t16-/m0/s1. The van der Waals surface area contributed by atoms with Crippen LogP contribution in [0.15, 0.2) is 42.5 Å². The van der Waals surface area contributed by atoms with E-state index >= 15 is 0 Å². The average molecular weight is 332 g/mol. The minimum atomic E-state index is -0.536. The molecule has 0 N–H and O–H groups in total. The molecule has 1 fully saturated rings. The van der Waals surface area contributed by atoms with Crippen LogP contribution in [0, 0.1) is 22.9 Å². The van der Waals surface area contributed by atoms with Crippen molar-refractivity contribution in [2.24, 2.45) is 0 Å². The number of carbonyl (C=O) groups excluding carboxylic acids is 1. The average Bonchev–Trinajstić information content (AvgIpc) is 2.91. The van der Waals surface area contributed by atoms with Crippen LogP contribution in [-0.4, -0.2) is 16.6 Å². The third-order valence-corrected chi connectivity index (χ3v) is 4.90. The third-order valence-electron chi connectivity index (χ3n) is 3.70. The van der Waals surface area contributed by atoms with Crippen LogP contribution in [0.3, 0.4) is 0 Å². The van der Waals surface area contributed by atoms with Gasteiger partial charge < -0.3 is 0 Å². The first kappa shape index (κ1) is 15.5. The Morgan fingerprint density at radius 1 is 1.30 bits per heavy atom. The molecule has 3 rings (SSSR count). The number of halogens is 1. The smallest absolute Gasteiger partial charge is 0.275 e. The van der Waals surface area contributed by atoms with E-state index in [0.717, 1.165) is 0 Å². The van der Waals surface area contributed by atoms with E-state index in [1.807, 2.05) is 0 Å². The molecular weight excluding hydrogens is 319 g/mol. The van der Waals surface area contributed by atoms with Crippen molar-refractivity contribution < 1.29 is 14.1 Å². The van der Waals surface area contributed by atoms with Crippen LogP contribution in [-0.2, 0) is 4.79 Å². The topological polar surface area (TPSA) is 63.5 Å². The molecule has 2 aromatic rings. The van der Waals surface area contributed by atoms with Crippen molar-refractivity contribution in [2.75, 3.05) is 10.7 Å². The van der Waals surface area contributed by atoms with Crippen LogP contribution in [0.5, 0.6) is 0 Å². The van der Waals surface area contributed by atoms with Crippen LogP contribution in [0.25, 0.3) is 0 Å². The van der Waals surface area contributed by atoms with Gasteiger partial charge in [0.25, 0.3) is 5.69 Å². The SMILES string of the molecule is Cc1ccc(N2C(=O)CS[C@H]2c2ccccc2[N+](=O)[O-])cc1F. The van der Waals surface area contributed by atoms with Gasteiger partial charge in [0.2, 0.25) is 5.91 Å². The van der Waals surface area contributed by atoms with Gasteiger partial charge in [-0.2, -0.15) is 0 Å². The van der Waals surface area contributed by atoms with E-state index in [-0.39, 0.29) is 17.3 Å². The molecule has 1 atom stereocenters. The Morgan fingerprint density at radius 2 is 2.04 bits per heavy atom. The lowest BCUT2D eigenvalue weighted by Crippen LogP contribution is -2.28. The van der Waals surface area contributed by atoms with Gasteiger partial charge in [-0.25, -0.2) is 4.39 Å². The van der Waals surface area contributed by atoms with Gasteiger partial charge in [-0.05, 0) is 30.7 Å². The molecule has 2 aromatic carbocycles. The highest BCUT2D eigenvalue weighted by atomic mass is 32.2. The second-order valence-electron chi connectivity index (χ2n) is 5.18. The predicted molar refractivity (Wildman–Crippen MR) is 86.9 cm³/mol. The number of thioether (sulfide) groups is 1. The van der Waals surface area contributed by atoms with Crippen LogP contribution >= 0.6 is 11.8 Å². The zero-order chi connectivity index (χ0) is 16.6. The summed E-state index contributed by atoms with van der Waals surface area (Å²) in [7, 11) is 0. The lowest BCUT2D eigenvalue weighted by Gasteiger charge is -2.24. The maximum atomic E-state index is 13.8. The van der Waals surface area contributed by atoms with E-state index in [0.29, 0.717) is 16.8 Å². The number of aryl methyl sites for hydroxylation is 1. The van der Waals surface area contributed by atoms with Gasteiger partial charge >= 0.3 is 0 Å². The summed E-state index contributed by atoms with van der Waals surface area (Å²) in [5.74, 6) is -0.401. The molecule has 0 bridgehead atoms. The first-order valence-corrected chi connectivity index (χ1v) is 7.97. The number of nitro benzene ring substituents is 1. The summed E-state index contributed by atoms with van der Waals surface area (Å²) in [6.45, 7) is 1.64. The molecule has 1 amide bonds. The number of rotatable bonds is 3. The number of nitro groups is 1. The van der Waals surface area contributed by atoms with E-state index in [1.165, 1.54) is 28.8 Å². The molecule has 1 aliphatic heterocycles. The molecule has 1 saturated heterocycles. The molecule has 0 aliphatic carbocycles. The fourth-order valence-corrected chi connectivity index (χ4v) is 3.73. The number of nitrogens with zero attached hydrogens (tertiary/aromatic N) is 2. The summed E-state index contributed by atoms with van der Waals surface area (Å²) in [6, 6.07) is 10.9. The summed E-state index contributed by atoms with van der Waals surface area (Å²) in [5, 5.41) is 10.7. The maximum Gasteiger partial charge on any atom is 0.275 e. The van der Waals surface area contributed by atoms with E-state index in [1.54, 1.807) is 37.3 Å². The van der Waals surface area contributed by atoms with E-state index < -0.39 is 16.1 Å². The Morgan fingerprint density at radius 3 is 2.74 bits per heavy atom. The summed E-state index contributed by atoms with van der Waals surface area (Å²) in [4.78, 5) is 24.4. The molecule has 1 aliphatic rings. The van der Waals surface area contributed by atoms with Crippen molar-refractivity contribution in [2.45, 2.75) is 12.3 Å². The summed E-state index contributed by atoms with van der Waals surface area (Å²) in [6.07, 6.45) is 0. The first-order valence-electron chi connectivity index (χ1n) is 6.92. The molecule has 0 saturated carbocycles. The fourth-order valence-electron chi connectivity index (χ4n) is 2.53. The first-order chi connectivity index (χ1) is 11.0. The largest absolute Gasteiger partial charge is 0.295 e. The van der Waals surface area contributed by atoms with Gasteiger partial charge in [-0.1, -0.05) is 18.2 Å². The number of para-hydroxylation sites is 1. The third kappa shape index (κ3) is 2.79. The van der Waals surface area contributed by atoms with E-state index in [4.69, 9.17) is 0 Å². The van der Waals surface area contributed by atoms with Gasteiger partial charge in [0.1, 0.15) is 11.2 Å². The van der Waals surface area contributed by atoms with Crippen molar-refractivity contribution in [3.05, 3.63) is 69.5 Å². The number of carbonyl (C=O) groups is 1. The van der Waals surface area contributed by atoms with Gasteiger partial charge in [0.05, 0.1) is 16.2 Å². The number of benzene rings is 2. The van der Waals surface area contributed by atoms with Gasteiger partial charge in [-0.15, -0.1) is 11.8 Å². The summed E-state index contributed by atoms with van der Waals surface area (Å²) >= 11 is 1.30. The molecular formula is C16H13FN2O3S. The number of amides is 1. The predicted octanol–water partition coefficient (Wildman–Crippen LogP) is 3.82. The van der Waals surface area contributed by atoms with Crippen molar-refractivity contribution >= 4 is 29.0 Å². The second kappa shape index (κ2) is 6.00. The minimum Gasteiger partial charge on any atom is -0.295 e. The van der Waals surface area contributed by atoms with Crippen LogP contribution in [0.2, 0.25) is 0 Å². The fraction of sp³-hybridized carbons (Fsp3) is 0.188. The highest BCUT2D eigenvalue weighted by Gasteiger charge is 2.37. The molecule has 0 spiro atoms.